The first-order valence-electron chi connectivity index (χ1n) is 8.27. The molecular formula is C19H23N6O2+. The van der Waals surface area contributed by atoms with Gasteiger partial charge in [-0.3, -0.25) is 10.2 Å². The number of nitrogens with two attached hydrogens (primary N) is 1. The van der Waals surface area contributed by atoms with Crippen molar-refractivity contribution in [2.75, 3.05) is 0 Å². The molecule has 1 aromatic carbocycles. The van der Waals surface area contributed by atoms with E-state index in [0.29, 0.717) is 22.8 Å². The number of carbonyl (C=O) groups excluding carboxylic acids is 1. The molecule has 0 saturated carbocycles. The van der Waals surface area contributed by atoms with E-state index >= 15 is 0 Å². The fourth-order valence-corrected chi connectivity index (χ4v) is 2.51. The van der Waals surface area contributed by atoms with Gasteiger partial charge in [0.05, 0.1) is 5.56 Å². The van der Waals surface area contributed by atoms with E-state index in [1.54, 1.807) is 41.0 Å². The van der Waals surface area contributed by atoms with Crippen LogP contribution in [0.15, 0.2) is 47.6 Å². The van der Waals surface area contributed by atoms with Gasteiger partial charge in [-0.1, -0.05) is 30.7 Å². The van der Waals surface area contributed by atoms with Gasteiger partial charge in [0.25, 0.3) is 0 Å². The Morgan fingerprint density at radius 2 is 2.07 bits per heavy atom. The molecule has 2 rings (SSSR count). The lowest BCUT2D eigenvalue weighted by atomic mass is 9.99. The lowest BCUT2D eigenvalue weighted by molar-refractivity contribution is -0.709. The number of nitrogens with zero attached hydrogens (tertiary/aromatic N) is 3. The van der Waals surface area contributed by atoms with Crippen LogP contribution in [0.3, 0.4) is 0 Å². The molecule has 0 aliphatic rings. The fourth-order valence-electron chi connectivity index (χ4n) is 2.51. The summed E-state index contributed by atoms with van der Waals surface area (Å²) >= 11 is 0. The number of ketones is 1. The summed E-state index contributed by atoms with van der Waals surface area (Å²) in [7, 11) is 0. The van der Waals surface area contributed by atoms with Crippen molar-refractivity contribution in [3.63, 3.8) is 0 Å². The topological polar surface area (TPSA) is 120 Å². The number of hydrogen-bond acceptors (Lipinski definition) is 4. The maximum absolute atomic E-state index is 12.6. The molecule has 0 aliphatic heterocycles. The molecule has 1 aromatic heterocycles. The summed E-state index contributed by atoms with van der Waals surface area (Å²) in [4.78, 5) is 12.6. The molecule has 140 valence electrons. The van der Waals surface area contributed by atoms with Crippen molar-refractivity contribution in [2.24, 2.45) is 16.8 Å². The maximum Gasteiger partial charge on any atom is 0.325 e. The highest BCUT2D eigenvalue weighted by atomic mass is 16.5. The van der Waals surface area contributed by atoms with Gasteiger partial charge in [-0.05, 0) is 30.4 Å². The Balaban J connectivity index is 2.53. The van der Waals surface area contributed by atoms with Crippen LogP contribution in [0.2, 0.25) is 0 Å². The van der Waals surface area contributed by atoms with Crippen molar-refractivity contribution in [2.45, 2.75) is 13.8 Å². The number of allylic oxidation sites excluding steroid dienone is 1. The highest BCUT2D eigenvalue weighted by molar-refractivity contribution is 6.01. The summed E-state index contributed by atoms with van der Waals surface area (Å²) in [5.74, 6) is -0.0308. The van der Waals surface area contributed by atoms with Crippen LogP contribution in [0, 0.1) is 11.3 Å². The predicted molar refractivity (Wildman–Crippen MR) is 106 cm³/mol. The Kier molecular flexibility index (Phi) is 6.27. The number of para-hydroxylation sites is 1. The highest BCUT2D eigenvalue weighted by Crippen LogP contribution is 2.27. The van der Waals surface area contributed by atoms with Gasteiger partial charge in [-0.25, -0.2) is 5.43 Å². The van der Waals surface area contributed by atoms with Gasteiger partial charge < -0.3 is 10.9 Å². The Bertz CT molecular complexity index is 924. The molecule has 8 heteroatoms. The zero-order valence-corrected chi connectivity index (χ0v) is 15.3. The second kappa shape index (κ2) is 8.61. The summed E-state index contributed by atoms with van der Waals surface area (Å²) in [5, 5.41) is 20.7. The monoisotopic (exact) mass is 367 g/mol. The molecule has 8 nitrogen and oxygen atoms in total. The molecular weight excluding hydrogens is 344 g/mol. The molecule has 0 radical (unpaired) electrons. The van der Waals surface area contributed by atoms with Crippen LogP contribution in [0.4, 0.5) is 5.82 Å². The number of guanidine groups is 1. The first kappa shape index (κ1) is 19.6. The first-order valence-corrected chi connectivity index (χ1v) is 8.27. The number of hydrazone groups is 1. The van der Waals surface area contributed by atoms with Crippen LogP contribution in [-0.2, 0) is 0 Å². The average Bonchev–Trinajstić information content (AvgIpc) is 3.04. The average molecular weight is 367 g/mol. The minimum Gasteiger partial charge on any atom is -0.369 e. The van der Waals surface area contributed by atoms with Crippen LogP contribution < -0.4 is 11.2 Å². The molecule has 0 fully saturated rings. The van der Waals surface area contributed by atoms with Crippen LogP contribution in [0.25, 0.3) is 11.8 Å². The summed E-state index contributed by atoms with van der Waals surface area (Å²) in [6.07, 6.45) is 4.82. The standard InChI is InChI=1S/C19H23N6O2/c1-13(2)18(26)15-8-4-5-9-16(15)25-14(10-11-17(25)24(3)27)7-6-12-22-23-19(20)21/h4-13,27H,3H2,1-2H3,(H4,20,21,23)/q+1/b7-6+,22-12-. The highest BCUT2D eigenvalue weighted by Gasteiger charge is 2.24. The molecule has 0 saturated heterocycles. The SMILES string of the molecule is C=[N+](O)c1ccc(/C=C/C=N\NC(=N)N)n1-c1ccccc1C(=O)C(C)C. The predicted octanol–water partition coefficient (Wildman–Crippen LogP) is 2.53. The largest absolute Gasteiger partial charge is 0.369 e. The second-order valence-corrected chi connectivity index (χ2v) is 6.05. The van der Waals surface area contributed by atoms with Crippen molar-refractivity contribution >= 4 is 36.6 Å². The number of carbonyl (C=O) groups is 1. The smallest absolute Gasteiger partial charge is 0.325 e. The molecule has 0 spiro atoms. The van der Waals surface area contributed by atoms with Crippen molar-refractivity contribution in [1.29, 1.82) is 5.41 Å². The summed E-state index contributed by atoms with van der Waals surface area (Å²) in [6.45, 7) is 7.22. The number of benzene rings is 1. The number of hydrogen-bond donors (Lipinski definition) is 4. The molecule has 5 N–H and O–H groups in total. The molecule has 0 aliphatic carbocycles. The van der Waals surface area contributed by atoms with E-state index in [4.69, 9.17) is 11.1 Å². The van der Waals surface area contributed by atoms with Gasteiger partial charge in [0.2, 0.25) is 5.96 Å². The molecule has 0 atom stereocenters. The minimum atomic E-state index is -0.264. The lowest BCUT2D eigenvalue weighted by Crippen LogP contribution is -2.25. The van der Waals surface area contributed by atoms with Gasteiger partial charge in [0, 0.05) is 18.2 Å². The van der Waals surface area contributed by atoms with Crippen molar-refractivity contribution < 1.29 is 14.7 Å². The van der Waals surface area contributed by atoms with Gasteiger partial charge in [-0.2, -0.15) is 9.67 Å². The molecule has 0 unspecified atom stereocenters. The number of nitrogens with one attached hydrogen (secondary N) is 2. The lowest BCUT2D eigenvalue weighted by Gasteiger charge is -2.10. The van der Waals surface area contributed by atoms with E-state index in [1.165, 1.54) is 6.21 Å². The van der Waals surface area contributed by atoms with Crippen molar-refractivity contribution in [3.8, 4) is 5.69 Å². The van der Waals surface area contributed by atoms with Crippen molar-refractivity contribution in [3.05, 3.63) is 53.7 Å². The molecule has 1 heterocycles. The molecule has 27 heavy (non-hydrogen) atoms. The zero-order valence-electron chi connectivity index (χ0n) is 15.3. The normalized spacial score (nSPS) is 11.4. The zero-order chi connectivity index (χ0) is 20.0. The number of aromatic nitrogens is 1. The van der Waals surface area contributed by atoms with Crippen LogP contribution >= 0.6 is 0 Å². The van der Waals surface area contributed by atoms with E-state index in [2.05, 4.69) is 17.2 Å². The quantitative estimate of drug-likeness (QED) is 0.150. The maximum atomic E-state index is 12.6. The van der Waals surface area contributed by atoms with Gasteiger partial charge in [0.1, 0.15) is 18.1 Å². The second-order valence-electron chi connectivity index (χ2n) is 6.05. The van der Waals surface area contributed by atoms with E-state index in [1.807, 2.05) is 26.0 Å². The van der Waals surface area contributed by atoms with Gasteiger partial charge >= 0.3 is 5.82 Å². The van der Waals surface area contributed by atoms with E-state index in [9.17, 15) is 10.0 Å². The van der Waals surface area contributed by atoms with Gasteiger partial charge in [-0.15, -0.1) is 0 Å². The molecule has 0 bridgehead atoms. The molecule has 0 amide bonds. The minimum absolute atomic E-state index is 0.000882. The third kappa shape index (κ3) is 4.69. The van der Waals surface area contributed by atoms with Crippen LogP contribution in [0.1, 0.15) is 29.9 Å². The Morgan fingerprint density at radius 1 is 1.37 bits per heavy atom. The summed E-state index contributed by atoms with van der Waals surface area (Å²) < 4.78 is 2.48. The molecule has 2 aromatic rings. The Labute approximate surface area is 157 Å². The van der Waals surface area contributed by atoms with E-state index in [0.717, 1.165) is 4.74 Å². The Hall–Kier alpha value is -3.68. The number of Topliss-reactive ketones (excluding diaryl/α,β-unsaturated/α-hetero) is 1. The van der Waals surface area contributed by atoms with Crippen LogP contribution in [0.5, 0.6) is 0 Å². The third-order valence-electron chi connectivity index (χ3n) is 3.70. The summed E-state index contributed by atoms with van der Waals surface area (Å²) in [5.41, 5.74) is 9.34. The summed E-state index contributed by atoms with van der Waals surface area (Å²) in [6, 6.07) is 10.7. The van der Waals surface area contributed by atoms with Gasteiger partial charge in [0.15, 0.2) is 5.78 Å². The fraction of sp³-hybridized carbons (Fsp3) is 0.158. The number of rotatable bonds is 7. The van der Waals surface area contributed by atoms with E-state index < -0.39 is 0 Å². The third-order valence-corrected chi connectivity index (χ3v) is 3.70. The Morgan fingerprint density at radius 3 is 2.70 bits per heavy atom. The first-order chi connectivity index (χ1) is 12.8. The van der Waals surface area contributed by atoms with Crippen LogP contribution in [-0.4, -0.2) is 39.2 Å². The van der Waals surface area contributed by atoms with Crippen molar-refractivity contribution in [1.82, 2.24) is 9.99 Å². The van der Waals surface area contributed by atoms with E-state index in [-0.39, 0.29) is 17.7 Å².